The van der Waals surface area contributed by atoms with Crippen LogP contribution in [0.4, 0.5) is 0 Å². The molecule has 30 heavy (non-hydrogen) atoms. The molecule has 1 fully saturated rings. The van der Waals surface area contributed by atoms with Gasteiger partial charge in [0.1, 0.15) is 5.82 Å². The molecule has 0 bridgehead atoms. The molecule has 0 amide bonds. The van der Waals surface area contributed by atoms with Crippen LogP contribution in [-0.4, -0.2) is 24.3 Å². The Morgan fingerprint density at radius 2 is 1.83 bits per heavy atom. The van der Waals surface area contributed by atoms with Gasteiger partial charge in [-0.25, -0.2) is 9.67 Å². The van der Waals surface area contributed by atoms with Crippen LogP contribution in [0.15, 0.2) is 73.4 Å². The Morgan fingerprint density at radius 1 is 0.933 bits per heavy atom. The highest BCUT2D eigenvalue weighted by Crippen LogP contribution is 2.32. The summed E-state index contributed by atoms with van der Waals surface area (Å²) in [5.41, 5.74) is 4.71. The molecule has 0 radical (unpaired) electrons. The lowest BCUT2D eigenvalue weighted by Gasteiger charge is -2.31. The van der Waals surface area contributed by atoms with Crippen molar-refractivity contribution in [3.8, 4) is 5.69 Å². The Morgan fingerprint density at radius 3 is 2.70 bits per heavy atom. The Hall–Kier alpha value is -3.25. The topological polar surface area (TPSA) is 60.6 Å². The quantitative estimate of drug-likeness (QED) is 0.542. The molecule has 4 aromatic rings. The van der Waals surface area contributed by atoms with Gasteiger partial charge in [-0.15, -0.1) is 0 Å². The Labute approximate surface area is 176 Å². The SMILES string of the molecule is Cc1cccnc1[C@@H]1CCC[C@H](c2nccn2Cc2ccccc2-n2cccn2)N1. The standard InChI is InChI=1S/C24H26N6/c1-18-7-5-12-25-23(18)20-9-4-10-21(28-20)24-26-14-16-29(24)17-19-8-2-3-11-22(19)30-15-6-13-27-30/h2-3,5-8,11-16,20-21,28H,4,9-10,17H2,1H3/t20-,21+/m0/s1. The van der Waals surface area contributed by atoms with Gasteiger partial charge in [0.05, 0.1) is 30.0 Å². The molecular formula is C24H26N6. The van der Waals surface area contributed by atoms with Crippen molar-refractivity contribution in [2.75, 3.05) is 0 Å². The first-order chi connectivity index (χ1) is 14.8. The van der Waals surface area contributed by atoms with Crippen LogP contribution in [0.2, 0.25) is 0 Å². The molecule has 1 aliphatic rings. The minimum absolute atomic E-state index is 0.219. The average molecular weight is 399 g/mol. The van der Waals surface area contributed by atoms with Gasteiger partial charge in [-0.2, -0.15) is 5.10 Å². The third-order valence-electron chi connectivity index (χ3n) is 5.91. The first-order valence-corrected chi connectivity index (χ1v) is 10.6. The molecule has 1 aliphatic heterocycles. The van der Waals surface area contributed by atoms with Crippen LogP contribution in [0.25, 0.3) is 5.69 Å². The summed E-state index contributed by atoms with van der Waals surface area (Å²) in [6, 6.07) is 15.0. The minimum atomic E-state index is 0.219. The van der Waals surface area contributed by atoms with E-state index in [1.807, 2.05) is 41.6 Å². The van der Waals surface area contributed by atoms with E-state index < -0.39 is 0 Å². The maximum Gasteiger partial charge on any atom is 0.126 e. The second-order valence-electron chi connectivity index (χ2n) is 7.90. The van der Waals surface area contributed by atoms with Gasteiger partial charge in [-0.05, 0) is 55.5 Å². The number of hydrogen-bond acceptors (Lipinski definition) is 4. The fourth-order valence-electron chi connectivity index (χ4n) is 4.45. The van der Waals surface area contributed by atoms with Gasteiger partial charge in [0.25, 0.3) is 0 Å². The summed E-state index contributed by atoms with van der Waals surface area (Å²) in [4.78, 5) is 9.39. The third-order valence-corrected chi connectivity index (χ3v) is 5.91. The van der Waals surface area contributed by atoms with Crippen LogP contribution < -0.4 is 5.32 Å². The maximum atomic E-state index is 4.74. The van der Waals surface area contributed by atoms with Gasteiger partial charge in [0.15, 0.2) is 0 Å². The Kier molecular flexibility index (Phi) is 5.15. The number of aromatic nitrogens is 5. The normalized spacial score (nSPS) is 19.1. The van der Waals surface area contributed by atoms with Gasteiger partial charge in [-0.3, -0.25) is 10.3 Å². The number of pyridine rings is 1. The average Bonchev–Trinajstić information content (AvgIpc) is 3.47. The van der Waals surface area contributed by atoms with E-state index in [0.717, 1.165) is 43.0 Å². The molecule has 0 saturated carbocycles. The van der Waals surface area contributed by atoms with Crippen LogP contribution in [0, 0.1) is 6.92 Å². The molecule has 6 nitrogen and oxygen atoms in total. The van der Waals surface area contributed by atoms with Crippen molar-refractivity contribution in [1.29, 1.82) is 0 Å². The lowest BCUT2D eigenvalue weighted by atomic mass is 9.94. The summed E-state index contributed by atoms with van der Waals surface area (Å²) in [5, 5.41) is 8.23. The number of rotatable bonds is 5. The summed E-state index contributed by atoms with van der Waals surface area (Å²) >= 11 is 0. The molecule has 6 heteroatoms. The number of hydrogen-bond donors (Lipinski definition) is 1. The van der Waals surface area contributed by atoms with Crippen LogP contribution in [0.3, 0.4) is 0 Å². The molecule has 5 rings (SSSR count). The Balaban J connectivity index is 1.40. The molecule has 1 saturated heterocycles. The summed E-state index contributed by atoms with van der Waals surface area (Å²) < 4.78 is 4.18. The number of aryl methyl sites for hydroxylation is 1. The number of imidazole rings is 1. The van der Waals surface area contributed by atoms with Gasteiger partial charge in [0.2, 0.25) is 0 Å². The number of benzene rings is 1. The van der Waals surface area contributed by atoms with E-state index in [0.29, 0.717) is 0 Å². The van der Waals surface area contributed by atoms with Gasteiger partial charge in [-0.1, -0.05) is 24.3 Å². The monoisotopic (exact) mass is 398 g/mol. The van der Waals surface area contributed by atoms with Crippen molar-refractivity contribution in [2.24, 2.45) is 0 Å². The van der Waals surface area contributed by atoms with E-state index in [2.05, 4.69) is 63.4 Å². The van der Waals surface area contributed by atoms with Crippen molar-refractivity contribution in [3.63, 3.8) is 0 Å². The third kappa shape index (κ3) is 3.66. The highest BCUT2D eigenvalue weighted by atomic mass is 15.3. The first kappa shape index (κ1) is 18.8. The lowest BCUT2D eigenvalue weighted by Crippen LogP contribution is -2.33. The van der Waals surface area contributed by atoms with Crippen LogP contribution in [0.1, 0.15) is 54.0 Å². The predicted octanol–water partition coefficient (Wildman–Crippen LogP) is 4.38. The van der Waals surface area contributed by atoms with E-state index in [1.165, 1.54) is 11.1 Å². The zero-order valence-electron chi connectivity index (χ0n) is 17.1. The van der Waals surface area contributed by atoms with Crippen molar-refractivity contribution < 1.29 is 0 Å². The molecule has 2 atom stereocenters. The minimum Gasteiger partial charge on any atom is -0.329 e. The van der Waals surface area contributed by atoms with E-state index in [1.54, 1.807) is 0 Å². The van der Waals surface area contributed by atoms with Crippen molar-refractivity contribution in [1.82, 2.24) is 29.6 Å². The first-order valence-electron chi connectivity index (χ1n) is 10.6. The van der Waals surface area contributed by atoms with Crippen LogP contribution >= 0.6 is 0 Å². The molecule has 0 aliphatic carbocycles. The number of para-hydroxylation sites is 1. The smallest absolute Gasteiger partial charge is 0.126 e. The molecule has 1 aromatic carbocycles. The van der Waals surface area contributed by atoms with Gasteiger partial charge < -0.3 is 4.57 Å². The summed E-state index contributed by atoms with van der Waals surface area (Å²) in [7, 11) is 0. The van der Waals surface area contributed by atoms with E-state index in [-0.39, 0.29) is 12.1 Å². The zero-order chi connectivity index (χ0) is 20.3. The van der Waals surface area contributed by atoms with Gasteiger partial charge >= 0.3 is 0 Å². The van der Waals surface area contributed by atoms with E-state index in [4.69, 9.17) is 4.98 Å². The molecular weight excluding hydrogens is 372 g/mol. The number of nitrogens with zero attached hydrogens (tertiary/aromatic N) is 5. The highest BCUT2D eigenvalue weighted by molar-refractivity contribution is 5.40. The zero-order valence-corrected chi connectivity index (χ0v) is 17.1. The molecule has 152 valence electrons. The Bertz CT molecular complexity index is 1110. The van der Waals surface area contributed by atoms with Crippen molar-refractivity contribution >= 4 is 0 Å². The fraction of sp³-hybridized carbons (Fsp3) is 0.292. The van der Waals surface area contributed by atoms with Crippen molar-refractivity contribution in [3.05, 3.63) is 96.1 Å². The van der Waals surface area contributed by atoms with E-state index in [9.17, 15) is 0 Å². The number of nitrogens with one attached hydrogen (secondary N) is 1. The lowest BCUT2D eigenvalue weighted by molar-refractivity contribution is 0.310. The predicted molar refractivity (Wildman–Crippen MR) is 116 cm³/mol. The van der Waals surface area contributed by atoms with E-state index >= 15 is 0 Å². The van der Waals surface area contributed by atoms with Crippen molar-refractivity contribution in [2.45, 2.75) is 44.8 Å². The maximum absolute atomic E-state index is 4.74. The molecule has 0 unspecified atom stereocenters. The molecule has 1 N–H and O–H groups in total. The second-order valence-corrected chi connectivity index (χ2v) is 7.90. The summed E-state index contributed by atoms with van der Waals surface area (Å²) in [5.74, 6) is 1.09. The highest BCUT2D eigenvalue weighted by Gasteiger charge is 2.27. The summed E-state index contributed by atoms with van der Waals surface area (Å²) in [6.07, 6.45) is 13.0. The largest absolute Gasteiger partial charge is 0.329 e. The second kappa shape index (κ2) is 8.24. The summed E-state index contributed by atoms with van der Waals surface area (Å²) in [6.45, 7) is 2.90. The van der Waals surface area contributed by atoms with Gasteiger partial charge in [0, 0.05) is 31.0 Å². The van der Waals surface area contributed by atoms with Crippen LogP contribution in [0.5, 0.6) is 0 Å². The molecule has 4 heterocycles. The molecule has 3 aromatic heterocycles. The number of piperidine rings is 1. The molecule has 0 spiro atoms. The van der Waals surface area contributed by atoms with Crippen LogP contribution in [-0.2, 0) is 6.54 Å². The fourth-order valence-corrected chi connectivity index (χ4v) is 4.45.